The van der Waals surface area contributed by atoms with Crippen LogP contribution in [0.1, 0.15) is 47.1 Å². The van der Waals surface area contributed by atoms with Crippen molar-refractivity contribution in [3.8, 4) is 0 Å². The molecule has 0 aliphatic carbocycles. The number of hydrogen-bond acceptors (Lipinski definition) is 3. The van der Waals surface area contributed by atoms with Crippen molar-refractivity contribution >= 4 is 0 Å². The van der Waals surface area contributed by atoms with Crippen molar-refractivity contribution in [1.29, 1.82) is 0 Å². The summed E-state index contributed by atoms with van der Waals surface area (Å²) < 4.78 is 0. The number of nitrogens with one attached hydrogen (secondary N) is 1. The van der Waals surface area contributed by atoms with Crippen LogP contribution in [0.2, 0.25) is 0 Å². The summed E-state index contributed by atoms with van der Waals surface area (Å²) in [6.45, 7) is 6.35. The van der Waals surface area contributed by atoms with Crippen molar-refractivity contribution in [2.45, 2.75) is 39.0 Å². The van der Waals surface area contributed by atoms with Gasteiger partial charge in [-0.15, -0.1) is 0 Å². The molecule has 21 heavy (non-hydrogen) atoms. The average molecular weight is 281 g/mol. The van der Waals surface area contributed by atoms with Gasteiger partial charge in [0.25, 0.3) is 0 Å². The molecule has 1 aliphatic heterocycles. The molecular formula is C18H23N3. The Kier molecular flexibility index (Phi) is 4.30. The first kappa shape index (κ1) is 14.2. The van der Waals surface area contributed by atoms with Crippen molar-refractivity contribution in [2.24, 2.45) is 0 Å². The Hall–Kier alpha value is -1.74. The predicted molar refractivity (Wildman–Crippen MR) is 85.6 cm³/mol. The number of nitrogens with zero attached hydrogens (tertiary/aromatic N) is 2. The van der Waals surface area contributed by atoms with Gasteiger partial charge in [-0.2, -0.15) is 0 Å². The van der Waals surface area contributed by atoms with Crippen LogP contribution in [-0.4, -0.2) is 23.1 Å². The van der Waals surface area contributed by atoms with Gasteiger partial charge in [0.05, 0.1) is 0 Å². The molecule has 0 bridgehead atoms. The highest BCUT2D eigenvalue weighted by atomic mass is 14.9. The Labute approximate surface area is 126 Å². The minimum absolute atomic E-state index is 0.517. The van der Waals surface area contributed by atoms with Crippen molar-refractivity contribution < 1.29 is 0 Å². The topological polar surface area (TPSA) is 37.8 Å². The second kappa shape index (κ2) is 6.35. The van der Waals surface area contributed by atoms with Gasteiger partial charge < -0.3 is 5.32 Å². The maximum absolute atomic E-state index is 4.84. The highest BCUT2D eigenvalue weighted by Crippen LogP contribution is 2.23. The predicted octanol–water partition coefficient (Wildman–Crippen LogP) is 3.15. The van der Waals surface area contributed by atoms with Gasteiger partial charge >= 0.3 is 0 Å². The minimum Gasteiger partial charge on any atom is -0.317 e. The average Bonchev–Trinajstić information content (AvgIpc) is 2.50. The second-order valence-electron chi connectivity index (χ2n) is 6.05. The first-order valence-corrected chi connectivity index (χ1v) is 7.81. The molecule has 1 fully saturated rings. The lowest BCUT2D eigenvalue weighted by atomic mass is 9.97. The van der Waals surface area contributed by atoms with Crippen LogP contribution in [0.15, 0.2) is 30.3 Å². The first-order chi connectivity index (χ1) is 10.2. The number of rotatable bonds is 3. The van der Waals surface area contributed by atoms with E-state index in [1.165, 1.54) is 11.1 Å². The lowest BCUT2D eigenvalue weighted by molar-refractivity contribution is 0.443. The molecule has 0 spiro atoms. The van der Waals surface area contributed by atoms with Crippen LogP contribution in [0.3, 0.4) is 0 Å². The quantitative estimate of drug-likeness (QED) is 0.939. The Balaban J connectivity index is 1.81. The molecule has 1 N–H and O–H groups in total. The molecular weight excluding hydrogens is 258 g/mol. The van der Waals surface area contributed by atoms with Gasteiger partial charge in [-0.3, -0.25) is 0 Å². The monoisotopic (exact) mass is 281 g/mol. The fourth-order valence-corrected chi connectivity index (χ4v) is 2.93. The van der Waals surface area contributed by atoms with E-state index in [2.05, 4.69) is 54.5 Å². The van der Waals surface area contributed by atoms with Gasteiger partial charge in [0.1, 0.15) is 5.82 Å². The normalized spacial score (nSPS) is 16.1. The van der Waals surface area contributed by atoms with E-state index in [-0.39, 0.29) is 0 Å². The number of hydrogen-bond donors (Lipinski definition) is 1. The van der Waals surface area contributed by atoms with Gasteiger partial charge in [-0.05, 0) is 51.4 Å². The molecule has 3 rings (SSSR count). The molecule has 3 heteroatoms. The molecule has 1 saturated heterocycles. The zero-order valence-electron chi connectivity index (χ0n) is 12.9. The first-order valence-electron chi connectivity index (χ1n) is 7.81. The fraction of sp³-hybridized carbons (Fsp3) is 0.444. The summed E-state index contributed by atoms with van der Waals surface area (Å²) in [7, 11) is 0. The number of benzene rings is 1. The molecule has 1 aromatic heterocycles. The summed E-state index contributed by atoms with van der Waals surface area (Å²) >= 11 is 0. The molecule has 2 heterocycles. The number of aryl methyl sites for hydroxylation is 2. The summed E-state index contributed by atoms with van der Waals surface area (Å²) in [6, 6.07) is 10.8. The highest BCUT2D eigenvalue weighted by Gasteiger charge is 2.18. The van der Waals surface area contributed by atoms with Gasteiger partial charge in [-0.25, -0.2) is 9.97 Å². The van der Waals surface area contributed by atoms with Crippen LogP contribution >= 0.6 is 0 Å². The lowest BCUT2D eigenvalue weighted by Gasteiger charge is -2.22. The third kappa shape index (κ3) is 3.67. The van der Waals surface area contributed by atoms with E-state index in [0.717, 1.165) is 49.6 Å². The molecule has 0 amide bonds. The fourth-order valence-electron chi connectivity index (χ4n) is 2.93. The zero-order valence-corrected chi connectivity index (χ0v) is 12.9. The van der Waals surface area contributed by atoms with Gasteiger partial charge in [-0.1, -0.05) is 29.8 Å². The van der Waals surface area contributed by atoms with Crippen LogP contribution in [0, 0.1) is 13.8 Å². The largest absolute Gasteiger partial charge is 0.317 e. The van der Waals surface area contributed by atoms with E-state index in [4.69, 9.17) is 4.98 Å². The SMILES string of the molecule is Cc1ccc(Cc2cc(C)nc(C3CCNCC3)n2)cc1. The van der Waals surface area contributed by atoms with Crippen molar-refractivity contribution in [2.75, 3.05) is 13.1 Å². The van der Waals surface area contributed by atoms with Crippen molar-refractivity contribution in [1.82, 2.24) is 15.3 Å². The summed E-state index contributed by atoms with van der Waals surface area (Å²) in [4.78, 5) is 9.51. The number of piperidine rings is 1. The summed E-state index contributed by atoms with van der Waals surface area (Å²) in [5.41, 5.74) is 4.84. The molecule has 3 nitrogen and oxygen atoms in total. The van der Waals surface area contributed by atoms with Crippen LogP contribution in [0.4, 0.5) is 0 Å². The van der Waals surface area contributed by atoms with E-state index >= 15 is 0 Å². The molecule has 0 radical (unpaired) electrons. The van der Waals surface area contributed by atoms with Crippen LogP contribution in [-0.2, 0) is 6.42 Å². The van der Waals surface area contributed by atoms with Crippen LogP contribution < -0.4 is 5.32 Å². The molecule has 0 atom stereocenters. The van der Waals surface area contributed by atoms with Crippen LogP contribution in [0.25, 0.3) is 0 Å². The molecule has 0 unspecified atom stereocenters. The van der Waals surface area contributed by atoms with E-state index in [0.29, 0.717) is 5.92 Å². The zero-order chi connectivity index (χ0) is 14.7. The molecule has 0 saturated carbocycles. The van der Waals surface area contributed by atoms with Crippen molar-refractivity contribution in [3.63, 3.8) is 0 Å². The highest BCUT2D eigenvalue weighted by molar-refractivity contribution is 5.26. The summed E-state index contributed by atoms with van der Waals surface area (Å²) in [5, 5.41) is 3.40. The molecule has 1 aliphatic rings. The molecule has 1 aromatic carbocycles. The Bertz CT molecular complexity index is 598. The Morgan fingerprint density at radius 2 is 1.76 bits per heavy atom. The third-order valence-electron chi connectivity index (χ3n) is 4.13. The standard InChI is InChI=1S/C18H23N3/c1-13-3-5-15(6-4-13)12-17-11-14(2)20-18(21-17)16-7-9-19-10-8-16/h3-6,11,16,19H,7-10,12H2,1-2H3. The minimum atomic E-state index is 0.517. The van der Waals surface area contributed by atoms with Gasteiger partial charge in [0.2, 0.25) is 0 Å². The Morgan fingerprint density at radius 1 is 1.05 bits per heavy atom. The Morgan fingerprint density at radius 3 is 2.48 bits per heavy atom. The smallest absolute Gasteiger partial charge is 0.132 e. The van der Waals surface area contributed by atoms with E-state index in [1.807, 2.05) is 0 Å². The van der Waals surface area contributed by atoms with Crippen molar-refractivity contribution in [3.05, 3.63) is 58.7 Å². The maximum Gasteiger partial charge on any atom is 0.132 e. The van der Waals surface area contributed by atoms with Gasteiger partial charge in [0, 0.05) is 23.7 Å². The van der Waals surface area contributed by atoms with Crippen LogP contribution in [0.5, 0.6) is 0 Å². The third-order valence-corrected chi connectivity index (χ3v) is 4.13. The second-order valence-corrected chi connectivity index (χ2v) is 6.05. The molecule has 2 aromatic rings. The van der Waals surface area contributed by atoms with E-state index < -0.39 is 0 Å². The van der Waals surface area contributed by atoms with E-state index in [1.54, 1.807) is 0 Å². The molecule has 110 valence electrons. The van der Waals surface area contributed by atoms with E-state index in [9.17, 15) is 0 Å². The van der Waals surface area contributed by atoms with Gasteiger partial charge in [0.15, 0.2) is 0 Å². The number of aromatic nitrogens is 2. The maximum atomic E-state index is 4.84. The summed E-state index contributed by atoms with van der Waals surface area (Å²) in [6.07, 6.45) is 3.18. The summed E-state index contributed by atoms with van der Waals surface area (Å²) in [5.74, 6) is 1.56. The lowest BCUT2D eigenvalue weighted by Crippen LogP contribution is -2.27.